The molecule has 0 bridgehead atoms. The highest BCUT2D eigenvalue weighted by molar-refractivity contribution is 5.38. The summed E-state index contributed by atoms with van der Waals surface area (Å²) in [5.74, 6) is 0.941. The maximum atomic E-state index is 9.39. The van der Waals surface area contributed by atoms with Crippen molar-refractivity contribution in [1.82, 2.24) is 0 Å². The Morgan fingerprint density at radius 3 is 2.33 bits per heavy atom. The second kappa shape index (κ2) is 6.44. The minimum atomic E-state index is -0.223. The number of rotatable bonds is 6. The number of ether oxygens (including phenoxy) is 1. The van der Waals surface area contributed by atoms with Crippen molar-refractivity contribution < 1.29 is 4.74 Å². The van der Waals surface area contributed by atoms with Crippen molar-refractivity contribution in [2.24, 2.45) is 5.41 Å². The highest BCUT2D eigenvalue weighted by Crippen LogP contribution is 2.31. The molecule has 0 radical (unpaired) electrons. The first kappa shape index (κ1) is 14.6. The van der Waals surface area contributed by atoms with Crippen LogP contribution in [0.4, 0.5) is 0 Å². The molecule has 0 fully saturated rings. The van der Waals surface area contributed by atoms with Gasteiger partial charge in [-0.1, -0.05) is 32.9 Å². The van der Waals surface area contributed by atoms with Crippen LogP contribution in [0.3, 0.4) is 0 Å². The van der Waals surface area contributed by atoms with E-state index in [0.29, 0.717) is 0 Å². The average Bonchev–Trinajstić information content (AvgIpc) is 2.44. The Kier molecular flexibility index (Phi) is 5.22. The zero-order valence-electron chi connectivity index (χ0n) is 11.9. The van der Waals surface area contributed by atoms with E-state index in [-0.39, 0.29) is 5.41 Å². The van der Waals surface area contributed by atoms with Gasteiger partial charge < -0.3 is 4.74 Å². The fraction of sp³-hybridized carbons (Fsp3) is 0.562. The fourth-order valence-corrected chi connectivity index (χ4v) is 2.31. The number of methoxy groups -OCH3 is 1. The van der Waals surface area contributed by atoms with E-state index in [1.165, 1.54) is 11.1 Å². The van der Waals surface area contributed by atoms with Gasteiger partial charge >= 0.3 is 0 Å². The Labute approximate surface area is 111 Å². The number of benzene rings is 1. The third kappa shape index (κ3) is 3.04. The molecule has 2 heteroatoms. The maximum absolute atomic E-state index is 9.39. The van der Waals surface area contributed by atoms with Crippen LogP contribution in [0.5, 0.6) is 5.75 Å². The van der Waals surface area contributed by atoms with Crippen molar-refractivity contribution in [3.8, 4) is 11.8 Å². The molecule has 0 saturated heterocycles. The average molecular weight is 245 g/mol. The van der Waals surface area contributed by atoms with E-state index in [1.54, 1.807) is 7.11 Å². The van der Waals surface area contributed by atoms with Gasteiger partial charge in [0.15, 0.2) is 0 Å². The minimum absolute atomic E-state index is 0.223. The van der Waals surface area contributed by atoms with E-state index < -0.39 is 0 Å². The SMILES string of the molecule is CCc1cc(CC(C#N)(CC)CC)ccc1OC. The molecule has 98 valence electrons. The van der Waals surface area contributed by atoms with Crippen molar-refractivity contribution >= 4 is 0 Å². The quantitative estimate of drug-likeness (QED) is 0.755. The van der Waals surface area contributed by atoms with Crippen LogP contribution in [0.1, 0.15) is 44.7 Å². The Morgan fingerprint density at radius 2 is 1.89 bits per heavy atom. The van der Waals surface area contributed by atoms with Gasteiger partial charge in [0, 0.05) is 0 Å². The third-order valence-electron chi connectivity index (χ3n) is 3.86. The summed E-state index contributed by atoms with van der Waals surface area (Å²) < 4.78 is 5.34. The molecule has 0 spiro atoms. The zero-order chi connectivity index (χ0) is 13.6. The third-order valence-corrected chi connectivity index (χ3v) is 3.86. The number of nitrogens with zero attached hydrogens (tertiary/aromatic N) is 1. The van der Waals surface area contributed by atoms with Crippen molar-refractivity contribution in [1.29, 1.82) is 5.26 Å². The predicted molar refractivity (Wildman–Crippen MR) is 74.7 cm³/mol. The first-order valence-electron chi connectivity index (χ1n) is 6.71. The van der Waals surface area contributed by atoms with Gasteiger partial charge in [0.2, 0.25) is 0 Å². The van der Waals surface area contributed by atoms with Gasteiger partial charge in [-0.3, -0.25) is 0 Å². The Balaban J connectivity index is 3.02. The number of nitriles is 1. The van der Waals surface area contributed by atoms with Crippen LogP contribution < -0.4 is 4.74 Å². The molecule has 0 N–H and O–H groups in total. The Bertz CT molecular complexity index is 427. The Morgan fingerprint density at radius 1 is 1.22 bits per heavy atom. The highest BCUT2D eigenvalue weighted by atomic mass is 16.5. The first-order chi connectivity index (χ1) is 8.64. The van der Waals surface area contributed by atoms with Gasteiger partial charge in [-0.2, -0.15) is 5.26 Å². The molecule has 0 atom stereocenters. The van der Waals surface area contributed by atoms with E-state index in [0.717, 1.165) is 31.4 Å². The number of hydrogen-bond donors (Lipinski definition) is 0. The van der Waals surface area contributed by atoms with Crippen LogP contribution in [0, 0.1) is 16.7 Å². The van der Waals surface area contributed by atoms with E-state index in [9.17, 15) is 5.26 Å². The summed E-state index contributed by atoms with van der Waals surface area (Å²) in [6.07, 6.45) is 3.57. The largest absolute Gasteiger partial charge is 0.496 e. The van der Waals surface area contributed by atoms with E-state index >= 15 is 0 Å². The molecule has 1 aromatic rings. The Hall–Kier alpha value is -1.49. The summed E-state index contributed by atoms with van der Waals surface area (Å²) in [5.41, 5.74) is 2.23. The van der Waals surface area contributed by atoms with Crippen molar-refractivity contribution in [2.75, 3.05) is 7.11 Å². The predicted octanol–water partition coefficient (Wildman–Crippen LogP) is 4.13. The minimum Gasteiger partial charge on any atom is -0.496 e. The van der Waals surface area contributed by atoms with Gasteiger partial charge in [0.05, 0.1) is 18.6 Å². The molecule has 0 aliphatic carbocycles. The summed E-state index contributed by atoms with van der Waals surface area (Å²) in [6.45, 7) is 6.31. The lowest BCUT2D eigenvalue weighted by Gasteiger charge is -2.23. The lowest BCUT2D eigenvalue weighted by Crippen LogP contribution is -2.19. The molecular formula is C16H23NO. The molecule has 0 amide bonds. The maximum Gasteiger partial charge on any atom is 0.122 e. The molecule has 0 saturated carbocycles. The van der Waals surface area contributed by atoms with E-state index in [1.807, 2.05) is 6.07 Å². The summed E-state index contributed by atoms with van der Waals surface area (Å²) in [7, 11) is 1.70. The smallest absolute Gasteiger partial charge is 0.122 e. The van der Waals surface area contributed by atoms with Gasteiger partial charge in [-0.25, -0.2) is 0 Å². The van der Waals surface area contributed by atoms with Gasteiger partial charge in [-0.15, -0.1) is 0 Å². The molecule has 1 rings (SSSR count). The molecule has 0 aliphatic heterocycles. The first-order valence-corrected chi connectivity index (χ1v) is 6.71. The number of hydrogen-bond acceptors (Lipinski definition) is 2. The normalized spacial score (nSPS) is 11.1. The summed E-state index contributed by atoms with van der Waals surface area (Å²) in [4.78, 5) is 0. The molecule has 0 aliphatic rings. The molecule has 1 aromatic carbocycles. The lowest BCUT2D eigenvalue weighted by atomic mass is 9.78. The van der Waals surface area contributed by atoms with Crippen molar-refractivity contribution in [2.45, 2.75) is 46.5 Å². The van der Waals surface area contributed by atoms with Crippen molar-refractivity contribution in [3.63, 3.8) is 0 Å². The molecule has 0 unspecified atom stereocenters. The second-order valence-corrected chi connectivity index (χ2v) is 4.78. The second-order valence-electron chi connectivity index (χ2n) is 4.78. The fourth-order valence-electron chi connectivity index (χ4n) is 2.31. The van der Waals surface area contributed by atoms with Gasteiger partial charge in [0.25, 0.3) is 0 Å². The van der Waals surface area contributed by atoms with Gasteiger partial charge in [-0.05, 0) is 42.9 Å². The van der Waals surface area contributed by atoms with Gasteiger partial charge in [0.1, 0.15) is 5.75 Å². The molecule has 18 heavy (non-hydrogen) atoms. The summed E-state index contributed by atoms with van der Waals surface area (Å²) in [6, 6.07) is 8.77. The van der Waals surface area contributed by atoms with Crippen LogP contribution in [-0.2, 0) is 12.8 Å². The molecule has 0 aromatic heterocycles. The summed E-state index contributed by atoms with van der Waals surface area (Å²) >= 11 is 0. The van der Waals surface area contributed by atoms with Crippen LogP contribution in [0.2, 0.25) is 0 Å². The van der Waals surface area contributed by atoms with Crippen LogP contribution >= 0.6 is 0 Å². The molecule has 0 heterocycles. The van der Waals surface area contributed by atoms with Crippen molar-refractivity contribution in [3.05, 3.63) is 29.3 Å². The standard InChI is InChI=1S/C16H23NO/c1-5-14-10-13(8-9-15(14)18-4)11-16(6-2,7-3)12-17/h8-10H,5-7,11H2,1-4H3. The lowest BCUT2D eigenvalue weighted by molar-refractivity contribution is 0.362. The van der Waals surface area contributed by atoms with E-state index in [4.69, 9.17) is 4.74 Å². The van der Waals surface area contributed by atoms with Crippen LogP contribution in [0.15, 0.2) is 18.2 Å². The molecule has 2 nitrogen and oxygen atoms in total. The molecular weight excluding hydrogens is 222 g/mol. The monoisotopic (exact) mass is 245 g/mol. The van der Waals surface area contributed by atoms with Crippen LogP contribution in [-0.4, -0.2) is 7.11 Å². The topological polar surface area (TPSA) is 33.0 Å². The van der Waals surface area contributed by atoms with Crippen LogP contribution in [0.25, 0.3) is 0 Å². The van der Waals surface area contributed by atoms with E-state index in [2.05, 4.69) is 39.0 Å². The number of aryl methyl sites for hydroxylation is 1. The zero-order valence-corrected chi connectivity index (χ0v) is 11.9. The summed E-state index contributed by atoms with van der Waals surface area (Å²) in [5, 5.41) is 9.39. The highest BCUT2D eigenvalue weighted by Gasteiger charge is 2.26.